The molecule has 1 unspecified atom stereocenters. The lowest BCUT2D eigenvalue weighted by molar-refractivity contribution is 0.527. The molecule has 7 heavy (non-hydrogen) atoms. The summed E-state index contributed by atoms with van der Waals surface area (Å²) in [6, 6.07) is 0. The SMILES string of the molecule is C[CH]CC(C)[C]=O. The lowest BCUT2D eigenvalue weighted by atomic mass is 10.1. The van der Waals surface area contributed by atoms with Crippen LogP contribution in [0.4, 0.5) is 0 Å². The Hall–Kier alpha value is -0.330. The van der Waals surface area contributed by atoms with Crippen molar-refractivity contribution in [1.29, 1.82) is 0 Å². The summed E-state index contributed by atoms with van der Waals surface area (Å²) in [5, 5.41) is 0. The normalized spacial score (nSPS) is 13.4. The molecule has 0 aromatic carbocycles. The maximum Gasteiger partial charge on any atom is 0.201 e. The highest BCUT2D eigenvalue weighted by Gasteiger charge is 1.95. The van der Waals surface area contributed by atoms with E-state index in [0.717, 1.165) is 6.42 Å². The predicted octanol–water partition coefficient (Wildman–Crippen LogP) is 1.35. The summed E-state index contributed by atoms with van der Waals surface area (Å²) in [5.74, 6) is 0.0880. The van der Waals surface area contributed by atoms with Gasteiger partial charge < -0.3 is 0 Å². The highest BCUT2D eigenvalue weighted by molar-refractivity contribution is 5.53. The van der Waals surface area contributed by atoms with Crippen molar-refractivity contribution in [1.82, 2.24) is 0 Å². The Morgan fingerprint density at radius 2 is 2.43 bits per heavy atom. The summed E-state index contributed by atoms with van der Waals surface area (Å²) in [5.41, 5.74) is 0. The van der Waals surface area contributed by atoms with Crippen LogP contribution in [-0.2, 0) is 4.79 Å². The van der Waals surface area contributed by atoms with Gasteiger partial charge in [0.15, 0.2) is 0 Å². The molecule has 0 N–H and O–H groups in total. The first-order valence-electron chi connectivity index (χ1n) is 2.46. The lowest BCUT2D eigenvalue weighted by Gasteiger charge is -1.93. The maximum absolute atomic E-state index is 9.75. The summed E-state index contributed by atoms with van der Waals surface area (Å²) in [4.78, 5) is 9.75. The van der Waals surface area contributed by atoms with E-state index in [-0.39, 0.29) is 5.92 Å². The molecule has 0 aliphatic heterocycles. The van der Waals surface area contributed by atoms with E-state index in [4.69, 9.17) is 0 Å². The number of hydrogen-bond donors (Lipinski definition) is 0. The topological polar surface area (TPSA) is 17.1 Å². The van der Waals surface area contributed by atoms with Crippen LogP contribution in [0.25, 0.3) is 0 Å². The van der Waals surface area contributed by atoms with Gasteiger partial charge in [0, 0.05) is 5.92 Å². The van der Waals surface area contributed by atoms with Gasteiger partial charge >= 0.3 is 0 Å². The van der Waals surface area contributed by atoms with E-state index in [9.17, 15) is 4.79 Å². The fourth-order valence-corrected chi connectivity index (χ4v) is 0.402. The van der Waals surface area contributed by atoms with E-state index in [0.29, 0.717) is 0 Å². The summed E-state index contributed by atoms with van der Waals surface area (Å²) >= 11 is 0. The highest BCUT2D eigenvalue weighted by atomic mass is 16.1. The predicted molar refractivity (Wildman–Crippen MR) is 29.4 cm³/mol. The second kappa shape index (κ2) is 3.85. The van der Waals surface area contributed by atoms with Crippen LogP contribution in [0.5, 0.6) is 0 Å². The van der Waals surface area contributed by atoms with Crippen molar-refractivity contribution in [3.05, 3.63) is 6.42 Å². The van der Waals surface area contributed by atoms with Crippen molar-refractivity contribution in [2.75, 3.05) is 0 Å². The fraction of sp³-hybridized carbons (Fsp3) is 0.667. The first kappa shape index (κ1) is 6.67. The molecule has 0 aliphatic rings. The minimum atomic E-state index is 0.0880. The highest BCUT2D eigenvalue weighted by Crippen LogP contribution is 1.97. The smallest absolute Gasteiger partial charge is 0.201 e. The summed E-state index contributed by atoms with van der Waals surface area (Å²) < 4.78 is 0. The summed E-state index contributed by atoms with van der Waals surface area (Å²) in [6.45, 7) is 3.79. The van der Waals surface area contributed by atoms with Crippen LogP contribution < -0.4 is 0 Å². The molecule has 0 bridgehead atoms. The molecule has 0 rings (SSSR count). The average molecular weight is 98.1 g/mol. The third kappa shape index (κ3) is 3.50. The van der Waals surface area contributed by atoms with E-state index in [1.165, 1.54) is 0 Å². The van der Waals surface area contributed by atoms with Crippen molar-refractivity contribution in [2.45, 2.75) is 20.3 Å². The van der Waals surface area contributed by atoms with Crippen molar-refractivity contribution in [3.63, 3.8) is 0 Å². The number of carbonyl (C=O) groups excluding carboxylic acids is 1. The first-order valence-corrected chi connectivity index (χ1v) is 2.46. The Morgan fingerprint density at radius 1 is 1.86 bits per heavy atom. The molecule has 0 aromatic rings. The second-order valence-electron chi connectivity index (χ2n) is 1.66. The van der Waals surface area contributed by atoms with Crippen LogP contribution >= 0.6 is 0 Å². The zero-order valence-electron chi connectivity index (χ0n) is 4.77. The van der Waals surface area contributed by atoms with Crippen LogP contribution in [0, 0.1) is 12.3 Å². The molecule has 2 radical (unpaired) electrons. The fourth-order valence-electron chi connectivity index (χ4n) is 0.402. The molecular formula is C6H10O. The molecule has 0 heterocycles. The monoisotopic (exact) mass is 98.1 g/mol. The van der Waals surface area contributed by atoms with Gasteiger partial charge in [0.2, 0.25) is 6.29 Å². The largest absolute Gasteiger partial charge is 0.291 e. The van der Waals surface area contributed by atoms with Crippen LogP contribution in [0.2, 0.25) is 0 Å². The third-order valence-corrected chi connectivity index (χ3v) is 0.790. The standard InChI is InChI=1S/C6H10O/c1-3-4-6(2)5-7/h3,6H,4H2,1-2H3. The van der Waals surface area contributed by atoms with Gasteiger partial charge in [-0.25, -0.2) is 0 Å². The quantitative estimate of drug-likeness (QED) is 0.520. The van der Waals surface area contributed by atoms with Gasteiger partial charge in [0.05, 0.1) is 0 Å². The third-order valence-electron chi connectivity index (χ3n) is 0.790. The van der Waals surface area contributed by atoms with Crippen LogP contribution in [0.1, 0.15) is 20.3 Å². The Balaban J connectivity index is 2.98. The maximum atomic E-state index is 9.75. The van der Waals surface area contributed by atoms with Crippen LogP contribution in [0.3, 0.4) is 0 Å². The molecule has 0 spiro atoms. The summed E-state index contributed by atoms with van der Waals surface area (Å²) in [6.07, 6.45) is 4.70. The molecule has 0 aliphatic carbocycles. The zero-order chi connectivity index (χ0) is 5.70. The zero-order valence-corrected chi connectivity index (χ0v) is 4.77. The Bertz CT molecular complexity index is 50.1. The second-order valence-corrected chi connectivity index (χ2v) is 1.66. The number of hydrogen-bond acceptors (Lipinski definition) is 1. The molecule has 1 atom stereocenters. The molecule has 0 aromatic heterocycles. The number of rotatable bonds is 3. The van der Waals surface area contributed by atoms with Gasteiger partial charge in [0.25, 0.3) is 0 Å². The molecule has 1 heteroatoms. The van der Waals surface area contributed by atoms with Gasteiger partial charge in [-0.2, -0.15) is 0 Å². The van der Waals surface area contributed by atoms with Gasteiger partial charge in [-0.05, 0) is 12.8 Å². The van der Waals surface area contributed by atoms with Crippen molar-refractivity contribution in [3.8, 4) is 0 Å². The van der Waals surface area contributed by atoms with Gasteiger partial charge in [-0.3, -0.25) is 4.79 Å². The average Bonchev–Trinajstić information content (AvgIpc) is 1.68. The molecular weight excluding hydrogens is 88.1 g/mol. The molecule has 0 saturated carbocycles. The van der Waals surface area contributed by atoms with Crippen LogP contribution in [-0.4, -0.2) is 6.29 Å². The van der Waals surface area contributed by atoms with E-state index in [1.54, 1.807) is 0 Å². The molecule has 40 valence electrons. The molecule has 0 fully saturated rings. The van der Waals surface area contributed by atoms with Crippen molar-refractivity contribution >= 4 is 6.29 Å². The van der Waals surface area contributed by atoms with E-state index in [1.807, 2.05) is 26.6 Å². The molecule has 1 nitrogen and oxygen atoms in total. The van der Waals surface area contributed by atoms with E-state index < -0.39 is 0 Å². The van der Waals surface area contributed by atoms with Crippen molar-refractivity contribution in [2.24, 2.45) is 5.92 Å². The minimum Gasteiger partial charge on any atom is -0.291 e. The Labute approximate surface area is 44.7 Å². The molecule has 0 saturated heterocycles. The molecule has 0 amide bonds. The van der Waals surface area contributed by atoms with E-state index in [2.05, 4.69) is 0 Å². The van der Waals surface area contributed by atoms with Crippen LogP contribution in [0.15, 0.2) is 0 Å². The van der Waals surface area contributed by atoms with Gasteiger partial charge in [-0.15, -0.1) is 0 Å². The summed E-state index contributed by atoms with van der Waals surface area (Å²) in [7, 11) is 0. The van der Waals surface area contributed by atoms with Gasteiger partial charge in [-0.1, -0.05) is 13.8 Å². The Morgan fingerprint density at radius 3 is 2.57 bits per heavy atom. The Kier molecular flexibility index (Phi) is 3.67. The lowest BCUT2D eigenvalue weighted by Crippen LogP contribution is -1.92. The minimum absolute atomic E-state index is 0.0880. The van der Waals surface area contributed by atoms with Gasteiger partial charge in [0.1, 0.15) is 0 Å². The van der Waals surface area contributed by atoms with E-state index >= 15 is 0 Å². The van der Waals surface area contributed by atoms with Crippen molar-refractivity contribution < 1.29 is 4.79 Å². The first-order chi connectivity index (χ1) is 3.31.